The second-order valence-corrected chi connectivity index (χ2v) is 6.05. The van der Waals surface area contributed by atoms with Gasteiger partial charge in [0.05, 0.1) is 23.0 Å². The van der Waals surface area contributed by atoms with Crippen LogP contribution < -0.4 is 5.32 Å². The van der Waals surface area contributed by atoms with Crippen LogP contribution in [0.1, 0.15) is 43.9 Å². The molecule has 0 unspecified atom stereocenters. The number of benzene rings is 1. The minimum Gasteiger partial charge on any atom is -0.478 e. The normalized spacial score (nSPS) is 14.9. The molecular weight excluding hydrogens is 343 g/mol. The van der Waals surface area contributed by atoms with E-state index in [9.17, 15) is 18.8 Å². The molecule has 26 heavy (non-hydrogen) atoms. The summed E-state index contributed by atoms with van der Waals surface area (Å²) in [6.07, 6.45) is 3.92. The molecule has 2 amide bonds. The summed E-state index contributed by atoms with van der Waals surface area (Å²) in [5, 5.41) is 11.6. The number of furan rings is 1. The Labute approximate surface area is 148 Å². The first-order valence-corrected chi connectivity index (χ1v) is 8.11. The van der Waals surface area contributed by atoms with Gasteiger partial charge in [0.2, 0.25) is 0 Å². The van der Waals surface area contributed by atoms with Crippen molar-refractivity contribution in [3.8, 4) is 0 Å². The van der Waals surface area contributed by atoms with Gasteiger partial charge >= 0.3 is 5.97 Å². The maximum absolute atomic E-state index is 14.0. The smallest absolute Gasteiger partial charge is 0.335 e. The zero-order chi connectivity index (χ0) is 18.7. The largest absolute Gasteiger partial charge is 0.478 e. The lowest BCUT2D eigenvalue weighted by Gasteiger charge is -2.32. The number of likely N-dealkylation sites (tertiary alicyclic amines) is 1. The molecule has 1 aliphatic rings. The van der Waals surface area contributed by atoms with Crippen molar-refractivity contribution in [2.75, 3.05) is 13.1 Å². The number of carbonyl (C=O) groups is 3. The summed E-state index contributed by atoms with van der Waals surface area (Å²) in [5.74, 6) is -2.86. The van der Waals surface area contributed by atoms with Gasteiger partial charge in [-0.2, -0.15) is 0 Å². The van der Waals surface area contributed by atoms with E-state index in [4.69, 9.17) is 9.52 Å². The van der Waals surface area contributed by atoms with Crippen molar-refractivity contribution in [1.82, 2.24) is 10.2 Å². The van der Waals surface area contributed by atoms with Gasteiger partial charge in [-0.25, -0.2) is 9.18 Å². The molecule has 1 fully saturated rings. The average Bonchev–Trinajstić information content (AvgIpc) is 3.16. The van der Waals surface area contributed by atoms with Crippen molar-refractivity contribution >= 4 is 17.8 Å². The summed E-state index contributed by atoms with van der Waals surface area (Å²) in [6.45, 7) is 0.935. The van der Waals surface area contributed by atoms with Crippen molar-refractivity contribution in [3.63, 3.8) is 0 Å². The minimum absolute atomic E-state index is 0.126. The Hall–Kier alpha value is -3.16. The van der Waals surface area contributed by atoms with E-state index >= 15 is 0 Å². The van der Waals surface area contributed by atoms with E-state index in [1.54, 1.807) is 11.0 Å². The molecule has 2 heterocycles. The molecule has 2 N–H and O–H groups in total. The fourth-order valence-corrected chi connectivity index (χ4v) is 2.89. The fraction of sp³-hybridized carbons (Fsp3) is 0.278. The van der Waals surface area contributed by atoms with Crippen LogP contribution >= 0.6 is 0 Å². The lowest BCUT2D eigenvalue weighted by molar-refractivity contribution is 0.0684. The number of carboxylic acid groups (broad SMARTS) is 1. The number of rotatable bonds is 4. The molecule has 1 aliphatic heterocycles. The number of carboxylic acids is 1. The van der Waals surface area contributed by atoms with Crippen LogP contribution in [-0.4, -0.2) is 46.9 Å². The standard InChI is InChI=1S/C18H17FN2O5/c19-15-9-11(18(24)25)1-2-14(15)16(22)20-13-3-6-21(7-4-13)17(23)12-5-8-26-10-12/h1-2,5,8-10,13H,3-4,6-7H2,(H,20,22)(H,24,25). The number of nitrogens with zero attached hydrogens (tertiary/aromatic N) is 1. The highest BCUT2D eigenvalue weighted by Crippen LogP contribution is 2.16. The SMILES string of the molecule is O=C(O)c1ccc(C(=O)NC2CCN(C(=O)c3ccoc3)CC2)c(F)c1. The van der Waals surface area contributed by atoms with Crippen LogP contribution in [-0.2, 0) is 0 Å². The van der Waals surface area contributed by atoms with Gasteiger partial charge in [0.1, 0.15) is 12.1 Å². The summed E-state index contributed by atoms with van der Waals surface area (Å²) in [5.41, 5.74) is 0.0603. The molecule has 1 aromatic carbocycles. The van der Waals surface area contributed by atoms with Crippen LogP contribution in [0.3, 0.4) is 0 Å². The average molecular weight is 360 g/mol. The fourth-order valence-electron chi connectivity index (χ4n) is 2.89. The van der Waals surface area contributed by atoms with Crippen LogP contribution in [0.2, 0.25) is 0 Å². The summed E-state index contributed by atoms with van der Waals surface area (Å²) < 4.78 is 18.9. The molecule has 1 aromatic heterocycles. The number of carbonyl (C=O) groups excluding carboxylic acids is 2. The molecule has 2 aromatic rings. The van der Waals surface area contributed by atoms with Crippen molar-refractivity contribution in [2.45, 2.75) is 18.9 Å². The molecule has 8 heteroatoms. The number of hydrogen-bond acceptors (Lipinski definition) is 4. The van der Waals surface area contributed by atoms with E-state index in [-0.39, 0.29) is 23.1 Å². The third-order valence-electron chi connectivity index (χ3n) is 4.35. The number of halogens is 1. The number of amides is 2. The molecule has 0 saturated carbocycles. The predicted octanol–water partition coefficient (Wildman–Crippen LogP) is 2.15. The molecule has 0 atom stereocenters. The van der Waals surface area contributed by atoms with E-state index in [0.29, 0.717) is 31.5 Å². The maximum Gasteiger partial charge on any atom is 0.335 e. The van der Waals surface area contributed by atoms with Crippen molar-refractivity contribution in [2.24, 2.45) is 0 Å². The van der Waals surface area contributed by atoms with Crippen molar-refractivity contribution < 1.29 is 28.3 Å². The van der Waals surface area contributed by atoms with Crippen molar-refractivity contribution in [3.05, 3.63) is 59.3 Å². The molecule has 0 radical (unpaired) electrons. The van der Waals surface area contributed by atoms with E-state index in [1.165, 1.54) is 18.6 Å². The molecule has 0 bridgehead atoms. The molecule has 0 aliphatic carbocycles. The lowest BCUT2D eigenvalue weighted by Crippen LogP contribution is -2.46. The molecular formula is C18H17FN2O5. The van der Waals surface area contributed by atoms with E-state index < -0.39 is 17.7 Å². The quantitative estimate of drug-likeness (QED) is 0.870. The zero-order valence-corrected chi connectivity index (χ0v) is 13.8. The summed E-state index contributed by atoms with van der Waals surface area (Å²) in [7, 11) is 0. The predicted molar refractivity (Wildman–Crippen MR) is 88.5 cm³/mol. The highest BCUT2D eigenvalue weighted by molar-refractivity contribution is 5.96. The lowest BCUT2D eigenvalue weighted by atomic mass is 10.0. The van der Waals surface area contributed by atoms with Crippen LogP contribution in [0.25, 0.3) is 0 Å². The molecule has 7 nitrogen and oxygen atoms in total. The minimum atomic E-state index is -1.26. The third kappa shape index (κ3) is 3.74. The monoisotopic (exact) mass is 360 g/mol. The Morgan fingerprint density at radius 2 is 1.88 bits per heavy atom. The Bertz CT molecular complexity index is 826. The van der Waals surface area contributed by atoms with E-state index in [1.807, 2.05) is 0 Å². The zero-order valence-electron chi connectivity index (χ0n) is 13.8. The van der Waals surface area contributed by atoms with E-state index in [2.05, 4.69) is 5.32 Å². The van der Waals surface area contributed by atoms with Gasteiger partial charge in [0, 0.05) is 19.1 Å². The topological polar surface area (TPSA) is 99.8 Å². The van der Waals surface area contributed by atoms with Gasteiger partial charge in [-0.05, 0) is 37.1 Å². The first kappa shape index (κ1) is 17.7. The first-order chi connectivity index (χ1) is 12.5. The van der Waals surface area contributed by atoms with Crippen LogP contribution in [0.15, 0.2) is 41.2 Å². The van der Waals surface area contributed by atoms with Crippen LogP contribution in [0.4, 0.5) is 4.39 Å². The Kier molecular flexibility index (Phi) is 5.01. The molecule has 136 valence electrons. The van der Waals surface area contributed by atoms with E-state index in [0.717, 1.165) is 12.1 Å². The van der Waals surface area contributed by atoms with Gasteiger partial charge < -0.3 is 19.7 Å². The number of nitrogens with one attached hydrogen (secondary N) is 1. The summed E-state index contributed by atoms with van der Waals surface area (Å²) in [4.78, 5) is 36.9. The van der Waals surface area contributed by atoms with Gasteiger partial charge in [0.15, 0.2) is 0 Å². The van der Waals surface area contributed by atoms with Crippen LogP contribution in [0, 0.1) is 5.82 Å². The molecule has 3 rings (SSSR count). The van der Waals surface area contributed by atoms with Crippen LogP contribution in [0.5, 0.6) is 0 Å². The third-order valence-corrected chi connectivity index (χ3v) is 4.35. The number of piperidine rings is 1. The second-order valence-electron chi connectivity index (χ2n) is 6.05. The Morgan fingerprint density at radius 3 is 2.46 bits per heavy atom. The maximum atomic E-state index is 14.0. The van der Waals surface area contributed by atoms with Gasteiger partial charge in [-0.3, -0.25) is 9.59 Å². The number of aromatic carboxylic acids is 1. The van der Waals surface area contributed by atoms with Crippen molar-refractivity contribution in [1.29, 1.82) is 0 Å². The highest BCUT2D eigenvalue weighted by Gasteiger charge is 2.26. The first-order valence-electron chi connectivity index (χ1n) is 8.11. The Morgan fingerprint density at radius 1 is 1.15 bits per heavy atom. The highest BCUT2D eigenvalue weighted by atomic mass is 19.1. The number of hydrogen-bond donors (Lipinski definition) is 2. The van der Waals surface area contributed by atoms with Gasteiger partial charge in [-0.1, -0.05) is 0 Å². The second kappa shape index (κ2) is 7.38. The molecule has 1 saturated heterocycles. The Balaban J connectivity index is 1.57. The van der Waals surface area contributed by atoms with Gasteiger partial charge in [-0.15, -0.1) is 0 Å². The van der Waals surface area contributed by atoms with Gasteiger partial charge in [0.25, 0.3) is 11.8 Å². The summed E-state index contributed by atoms with van der Waals surface area (Å²) >= 11 is 0. The summed E-state index contributed by atoms with van der Waals surface area (Å²) in [6, 6.07) is 4.58. The molecule has 0 spiro atoms.